The molecule has 0 unspecified atom stereocenters. The van der Waals surface area contributed by atoms with Crippen molar-refractivity contribution in [3.05, 3.63) is 12.2 Å². The van der Waals surface area contributed by atoms with Gasteiger partial charge in [0.1, 0.15) is 6.42 Å². The van der Waals surface area contributed by atoms with Gasteiger partial charge in [0.25, 0.3) is 0 Å². The summed E-state index contributed by atoms with van der Waals surface area (Å²) in [5.41, 5.74) is 1.14. The van der Waals surface area contributed by atoms with E-state index in [-0.39, 0.29) is 11.8 Å². The summed E-state index contributed by atoms with van der Waals surface area (Å²) >= 11 is 0. The van der Waals surface area contributed by atoms with Crippen molar-refractivity contribution in [3.63, 3.8) is 0 Å². The quantitative estimate of drug-likeness (QED) is 0.384. The summed E-state index contributed by atoms with van der Waals surface area (Å²) in [6.45, 7) is 7.71. The second-order valence-corrected chi connectivity index (χ2v) is 11.0. The Morgan fingerprint density at radius 1 is 0.964 bits per heavy atom. The van der Waals surface area contributed by atoms with E-state index in [1.165, 1.54) is 52.1 Å². The van der Waals surface area contributed by atoms with Gasteiger partial charge in [-0.05, 0) is 73.0 Å². The number of carbonyl (C=O) groups excluding carboxylic acids is 2. The fraction of sp³-hybridized carbons (Fsp3) is 0.833. The molecular weight excluding hydrogens is 352 g/mol. The summed E-state index contributed by atoms with van der Waals surface area (Å²) in [5, 5.41) is 0. The molecule has 4 nitrogen and oxygen atoms in total. The normalized spacial score (nSPS) is 46.4. The monoisotopic (exact) mass is 388 g/mol. The molecule has 0 aromatic heterocycles. The van der Waals surface area contributed by atoms with Gasteiger partial charge in [0.15, 0.2) is 0 Å². The Kier molecular flexibility index (Phi) is 4.71. The van der Waals surface area contributed by atoms with Crippen LogP contribution in [0.15, 0.2) is 12.2 Å². The molecule has 0 aliphatic heterocycles. The first kappa shape index (κ1) is 20.0. The Morgan fingerprint density at radius 3 is 2.46 bits per heavy atom. The zero-order valence-corrected chi connectivity index (χ0v) is 18.0. The number of carbonyl (C=O) groups is 2. The van der Waals surface area contributed by atoms with Crippen LogP contribution in [0.25, 0.3) is 0 Å². The molecule has 3 saturated carbocycles. The number of hydrogen-bond donors (Lipinski definition) is 0. The molecule has 0 heterocycles. The molecule has 2 bridgehead atoms. The fourth-order valence-electron chi connectivity index (χ4n) is 7.93. The zero-order valence-electron chi connectivity index (χ0n) is 18.0. The average molecular weight is 389 g/mol. The smallest absolute Gasteiger partial charge is 0.317 e. The van der Waals surface area contributed by atoms with Crippen molar-refractivity contribution in [2.45, 2.75) is 78.6 Å². The number of allylic oxidation sites excluding steroid dienone is 2. The first-order valence-corrected chi connectivity index (χ1v) is 11.1. The second-order valence-electron chi connectivity index (χ2n) is 11.0. The molecule has 0 saturated heterocycles. The lowest BCUT2D eigenvalue weighted by atomic mass is 9.40. The Balaban J connectivity index is 1.52. The van der Waals surface area contributed by atoms with Crippen LogP contribution in [-0.4, -0.2) is 25.7 Å². The van der Waals surface area contributed by atoms with Gasteiger partial charge in [0, 0.05) is 5.41 Å². The summed E-state index contributed by atoms with van der Waals surface area (Å²) in [4.78, 5) is 23.4. The molecular formula is C24H36O4. The maximum atomic E-state index is 12.1. The van der Waals surface area contributed by atoms with Crippen molar-refractivity contribution in [2.24, 2.45) is 33.5 Å². The number of methoxy groups -OCH3 is 1. The molecule has 4 rings (SSSR count). The Morgan fingerprint density at radius 2 is 1.71 bits per heavy atom. The van der Waals surface area contributed by atoms with E-state index >= 15 is 0 Å². The van der Waals surface area contributed by atoms with Crippen molar-refractivity contribution in [1.82, 2.24) is 0 Å². The molecule has 4 aliphatic carbocycles. The van der Waals surface area contributed by atoms with Crippen LogP contribution in [0.3, 0.4) is 0 Å². The highest BCUT2D eigenvalue weighted by Crippen LogP contribution is 2.71. The number of rotatable bonds is 4. The van der Waals surface area contributed by atoms with Gasteiger partial charge in [-0.3, -0.25) is 9.59 Å². The molecule has 6 atom stereocenters. The maximum absolute atomic E-state index is 12.1. The molecule has 0 aromatic carbocycles. The minimum atomic E-state index is -0.526. The van der Waals surface area contributed by atoms with Crippen molar-refractivity contribution >= 4 is 11.9 Å². The predicted molar refractivity (Wildman–Crippen MR) is 107 cm³/mol. The molecule has 4 heteroatoms. The SMILES string of the molecule is COC(=O)CC(=O)OC[C@]1(C)CCC[C@]2(C)[C@@H]1CC[C@@]13C=C[C@@](C)(CC[C@H]12)C3. The third kappa shape index (κ3) is 3.02. The average Bonchev–Trinajstić information content (AvgIpc) is 2.89. The second kappa shape index (κ2) is 6.60. The van der Waals surface area contributed by atoms with Gasteiger partial charge >= 0.3 is 11.9 Å². The number of hydrogen-bond acceptors (Lipinski definition) is 4. The van der Waals surface area contributed by atoms with E-state index in [1.54, 1.807) is 0 Å². The first-order chi connectivity index (χ1) is 13.1. The largest absolute Gasteiger partial charge is 0.469 e. The summed E-state index contributed by atoms with van der Waals surface area (Å²) in [6.07, 6.45) is 14.9. The lowest BCUT2D eigenvalue weighted by Crippen LogP contribution is -2.58. The van der Waals surface area contributed by atoms with Crippen LogP contribution in [0.5, 0.6) is 0 Å². The Hall–Kier alpha value is -1.32. The summed E-state index contributed by atoms with van der Waals surface area (Å²) < 4.78 is 10.2. The van der Waals surface area contributed by atoms with Crippen molar-refractivity contribution in [1.29, 1.82) is 0 Å². The van der Waals surface area contributed by atoms with E-state index in [1.807, 2.05) is 0 Å². The third-order valence-electron chi connectivity index (χ3n) is 9.12. The molecule has 156 valence electrons. The van der Waals surface area contributed by atoms with E-state index in [0.29, 0.717) is 28.8 Å². The van der Waals surface area contributed by atoms with E-state index < -0.39 is 11.9 Å². The van der Waals surface area contributed by atoms with Crippen LogP contribution in [0, 0.1) is 33.5 Å². The molecule has 0 amide bonds. The Bertz CT molecular complexity index is 699. The molecule has 0 radical (unpaired) electrons. The lowest BCUT2D eigenvalue weighted by molar-refractivity contribution is -0.173. The number of ether oxygens (including phenoxy) is 2. The summed E-state index contributed by atoms with van der Waals surface area (Å²) in [5.74, 6) is 0.339. The number of esters is 2. The van der Waals surface area contributed by atoms with Gasteiger partial charge in [-0.25, -0.2) is 0 Å². The molecule has 0 aromatic rings. The van der Waals surface area contributed by atoms with Gasteiger partial charge in [-0.15, -0.1) is 0 Å². The molecule has 28 heavy (non-hydrogen) atoms. The van der Waals surface area contributed by atoms with Gasteiger partial charge in [-0.1, -0.05) is 39.3 Å². The summed E-state index contributed by atoms with van der Waals surface area (Å²) in [6, 6.07) is 0. The fourth-order valence-corrected chi connectivity index (χ4v) is 7.93. The summed E-state index contributed by atoms with van der Waals surface area (Å²) in [7, 11) is 1.30. The van der Waals surface area contributed by atoms with Crippen LogP contribution in [0.4, 0.5) is 0 Å². The van der Waals surface area contributed by atoms with Crippen LogP contribution < -0.4 is 0 Å². The molecule has 4 aliphatic rings. The maximum Gasteiger partial charge on any atom is 0.317 e. The van der Waals surface area contributed by atoms with Crippen LogP contribution >= 0.6 is 0 Å². The van der Waals surface area contributed by atoms with E-state index in [9.17, 15) is 9.59 Å². The minimum absolute atomic E-state index is 0.00343. The van der Waals surface area contributed by atoms with Crippen molar-refractivity contribution < 1.29 is 19.1 Å². The van der Waals surface area contributed by atoms with Gasteiger partial charge in [0.2, 0.25) is 0 Å². The van der Waals surface area contributed by atoms with E-state index in [4.69, 9.17) is 4.74 Å². The van der Waals surface area contributed by atoms with Crippen molar-refractivity contribution in [3.8, 4) is 0 Å². The van der Waals surface area contributed by atoms with E-state index in [0.717, 1.165) is 12.3 Å². The highest BCUT2D eigenvalue weighted by molar-refractivity contribution is 5.91. The minimum Gasteiger partial charge on any atom is -0.469 e. The van der Waals surface area contributed by atoms with Gasteiger partial charge in [0.05, 0.1) is 13.7 Å². The lowest BCUT2D eigenvalue weighted by Gasteiger charge is -2.64. The highest BCUT2D eigenvalue weighted by atomic mass is 16.5. The van der Waals surface area contributed by atoms with Gasteiger partial charge < -0.3 is 9.47 Å². The van der Waals surface area contributed by atoms with E-state index in [2.05, 4.69) is 37.7 Å². The number of fused-ring (bicyclic) bond motifs is 3. The molecule has 0 N–H and O–H groups in total. The third-order valence-corrected chi connectivity index (χ3v) is 9.12. The van der Waals surface area contributed by atoms with Crippen molar-refractivity contribution in [2.75, 3.05) is 13.7 Å². The van der Waals surface area contributed by atoms with Gasteiger partial charge in [-0.2, -0.15) is 0 Å². The highest BCUT2D eigenvalue weighted by Gasteiger charge is 2.63. The molecule has 3 fully saturated rings. The zero-order chi connectivity index (χ0) is 20.2. The van der Waals surface area contributed by atoms with Crippen LogP contribution in [0.1, 0.15) is 78.6 Å². The first-order valence-electron chi connectivity index (χ1n) is 11.1. The van der Waals surface area contributed by atoms with Crippen LogP contribution in [0.2, 0.25) is 0 Å². The predicted octanol–water partition coefficient (Wildman–Crippen LogP) is 5.06. The Labute approximate surface area is 169 Å². The van der Waals surface area contributed by atoms with Crippen LogP contribution in [-0.2, 0) is 19.1 Å². The molecule has 1 spiro atoms. The topological polar surface area (TPSA) is 52.6 Å². The standard InChI is InChI=1S/C24H36O4/c1-21-10-6-18-23(3)9-5-8-22(2,16-28-20(26)14-19(25)27-4)17(23)7-11-24(18,15-21)13-12-21/h12-13,17-18H,5-11,14-16H2,1-4H3/t17-,18+,21-,22+,23-,24+/m1/s1.